The number of ether oxygens (including phenoxy) is 2. The highest BCUT2D eigenvalue weighted by molar-refractivity contribution is 6.02. The fourth-order valence-corrected chi connectivity index (χ4v) is 5.05. The molecule has 182 valence electrons. The third-order valence-corrected chi connectivity index (χ3v) is 6.61. The molecule has 34 heavy (non-hydrogen) atoms. The average Bonchev–Trinajstić information content (AvgIpc) is 2.80. The Kier molecular flexibility index (Phi) is 7.26. The van der Waals surface area contributed by atoms with Crippen LogP contribution < -0.4 is 10.1 Å². The van der Waals surface area contributed by atoms with E-state index >= 15 is 0 Å². The molecular weight excluding hydrogens is 447 g/mol. The molecule has 0 amide bonds. The lowest BCUT2D eigenvalue weighted by Crippen LogP contribution is -2.56. The minimum absolute atomic E-state index is 0.0304. The fourth-order valence-electron chi connectivity index (χ4n) is 5.05. The van der Waals surface area contributed by atoms with Crippen LogP contribution in [0.15, 0.2) is 48.5 Å². The van der Waals surface area contributed by atoms with Crippen molar-refractivity contribution in [2.24, 2.45) is 11.8 Å². The Labute approximate surface area is 196 Å². The van der Waals surface area contributed by atoms with Crippen LogP contribution in [0.3, 0.4) is 0 Å². The molecule has 2 aromatic carbocycles. The highest BCUT2D eigenvalue weighted by atomic mass is 19.4. The zero-order valence-electron chi connectivity index (χ0n) is 18.9. The maximum Gasteiger partial charge on any atom is 0.573 e. The number of carbonyl (C=O) groups is 2. The number of hydrogen-bond donors (Lipinski definition) is 1. The molecule has 0 spiro atoms. The largest absolute Gasteiger partial charge is 0.573 e. The summed E-state index contributed by atoms with van der Waals surface area (Å²) in [4.78, 5) is 26.0. The third kappa shape index (κ3) is 5.60. The predicted molar refractivity (Wildman–Crippen MR) is 119 cm³/mol. The maximum atomic E-state index is 13.3. The van der Waals surface area contributed by atoms with Crippen LogP contribution in [0.2, 0.25) is 0 Å². The van der Waals surface area contributed by atoms with Crippen LogP contribution in [0, 0.1) is 11.8 Å². The van der Waals surface area contributed by atoms with Crippen LogP contribution in [0.4, 0.5) is 13.2 Å². The molecule has 1 heterocycles. The van der Waals surface area contributed by atoms with Crippen molar-refractivity contribution in [2.75, 3.05) is 6.61 Å². The second-order valence-corrected chi connectivity index (χ2v) is 8.88. The quantitative estimate of drug-likeness (QED) is 0.464. The van der Waals surface area contributed by atoms with Gasteiger partial charge in [0.1, 0.15) is 11.7 Å². The van der Waals surface area contributed by atoms with Gasteiger partial charge >= 0.3 is 12.3 Å². The second-order valence-electron chi connectivity index (χ2n) is 8.88. The Morgan fingerprint density at radius 1 is 1.00 bits per heavy atom. The number of rotatable bonds is 6. The van der Waals surface area contributed by atoms with Gasteiger partial charge in [0.05, 0.1) is 12.6 Å². The van der Waals surface area contributed by atoms with Gasteiger partial charge in [-0.15, -0.1) is 13.2 Å². The molecule has 1 N–H and O–H groups in total. The van der Waals surface area contributed by atoms with Crippen LogP contribution >= 0.6 is 0 Å². The molecule has 8 heteroatoms. The summed E-state index contributed by atoms with van der Waals surface area (Å²) in [7, 11) is 0. The van der Waals surface area contributed by atoms with Gasteiger partial charge < -0.3 is 14.8 Å². The molecule has 1 aliphatic carbocycles. The first-order chi connectivity index (χ1) is 16.2. The zero-order valence-corrected chi connectivity index (χ0v) is 18.9. The second kappa shape index (κ2) is 10.2. The molecule has 0 bridgehead atoms. The highest BCUT2D eigenvalue weighted by Gasteiger charge is 2.48. The topological polar surface area (TPSA) is 64.6 Å². The number of esters is 1. The normalized spacial score (nSPS) is 24.9. The first-order valence-corrected chi connectivity index (χ1v) is 11.6. The van der Waals surface area contributed by atoms with Gasteiger partial charge in [0.25, 0.3) is 0 Å². The number of ketones is 1. The van der Waals surface area contributed by atoms with Gasteiger partial charge in [0, 0.05) is 12.0 Å². The molecule has 2 aromatic rings. The molecule has 4 unspecified atom stereocenters. The number of alkyl halides is 3. The summed E-state index contributed by atoms with van der Waals surface area (Å²) in [6.07, 6.45) is -0.434. The van der Waals surface area contributed by atoms with Crippen molar-refractivity contribution in [2.45, 2.75) is 57.5 Å². The van der Waals surface area contributed by atoms with Gasteiger partial charge in [-0.2, -0.15) is 0 Å². The number of nitrogens with one attached hydrogen (secondary N) is 1. The molecule has 0 aromatic heterocycles. The Balaban J connectivity index is 1.49. The molecule has 4 atom stereocenters. The summed E-state index contributed by atoms with van der Waals surface area (Å²) < 4.78 is 46.2. The van der Waals surface area contributed by atoms with E-state index in [1.165, 1.54) is 12.1 Å². The van der Waals surface area contributed by atoms with Crippen molar-refractivity contribution in [3.8, 4) is 5.75 Å². The standard InChI is InChI=1S/C26H28F3NO4/c1-2-33-25(32)22-23(30-21-6-4-3-5-20(21)24(22)31)18-11-7-16(8-12-18)15-17-9-13-19(14-10-17)34-26(27,28)29/h7-14,20-23,30H,2-6,15H2,1H3. The van der Waals surface area contributed by atoms with Crippen molar-refractivity contribution >= 4 is 11.8 Å². The minimum Gasteiger partial charge on any atom is -0.465 e. The molecule has 0 radical (unpaired) electrons. The van der Waals surface area contributed by atoms with Gasteiger partial charge in [-0.1, -0.05) is 49.2 Å². The van der Waals surface area contributed by atoms with Gasteiger partial charge in [0.15, 0.2) is 5.78 Å². The molecule has 5 nitrogen and oxygen atoms in total. The van der Waals surface area contributed by atoms with E-state index in [1.54, 1.807) is 19.1 Å². The van der Waals surface area contributed by atoms with E-state index in [2.05, 4.69) is 10.1 Å². The Morgan fingerprint density at radius 2 is 1.62 bits per heavy atom. The van der Waals surface area contributed by atoms with E-state index in [-0.39, 0.29) is 30.1 Å². The maximum absolute atomic E-state index is 13.3. The molecule has 1 saturated carbocycles. The first-order valence-electron chi connectivity index (χ1n) is 11.6. The van der Waals surface area contributed by atoms with E-state index in [0.29, 0.717) is 6.42 Å². The molecule has 1 saturated heterocycles. The van der Waals surface area contributed by atoms with E-state index in [9.17, 15) is 22.8 Å². The number of Topliss-reactive ketones (excluding diaryl/α,β-unsaturated/α-hetero) is 1. The van der Waals surface area contributed by atoms with Crippen molar-refractivity contribution in [3.63, 3.8) is 0 Å². The Bertz CT molecular complexity index is 1000. The summed E-state index contributed by atoms with van der Waals surface area (Å²) in [5, 5.41) is 3.56. The number of carbonyl (C=O) groups excluding carboxylic acids is 2. The lowest BCUT2D eigenvalue weighted by atomic mass is 9.71. The number of fused-ring (bicyclic) bond motifs is 1. The van der Waals surface area contributed by atoms with Crippen molar-refractivity contribution in [1.82, 2.24) is 5.32 Å². The molecule has 2 aliphatic rings. The lowest BCUT2D eigenvalue weighted by molar-refractivity contribution is -0.274. The van der Waals surface area contributed by atoms with Gasteiger partial charge in [-0.3, -0.25) is 9.59 Å². The van der Waals surface area contributed by atoms with Crippen molar-refractivity contribution in [3.05, 3.63) is 65.2 Å². The van der Waals surface area contributed by atoms with Crippen LogP contribution in [-0.4, -0.2) is 30.8 Å². The number of benzene rings is 2. The molecule has 1 aliphatic heterocycles. The lowest BCUT2D eigenvalue weighted by Gasteiger charge is -2.43. The van der Waals surface area contributed by atoms with E-state index in [0.717, 1.165) is 42.4 Å². The Morgan fingerprint density at radius 3 is 2.24 bits per heavy atom. The van der Waals surface area contributed by atoms with E-state index in [4.69, 9.17) is 4.74 Å². The van der Waals surface area contributed by atoms with Crippen LogP contribution in [0.25, 0.3) is 0 Å². The molecular formula is C26H28F3NO4. The number of hydrogen-bond acceptors (Lipinski definition) is 5. The first kappa shape index (κ1) is 24.3. The SMILES string of the molecule is CCOC(=O)C1C(=O)C2CCCCC2NC1c1ccc(Cc2ccc(OC(F)(F)F)cc2)cc1. The monoisotopic (exact) mass is 475 g/mol. The summed E-state index contributed by atoms with van der Waals surface area (Å²) in [6, 6.07) is 13.0. The van der Waals surface area contributed by atoms with Crippen molar-refractivity contribution in [1.29, 1.82) is 0 Å². The van der Waals surface area contributed by atoms with Crippen LogP contribution in [0.1, 0.15) is 55.3 Å². The minimum atomic E-state index is -4.72. The van der Waals surface area contributed by atoms with E-state index < -0.39 is 24.3 Å². The van der Waals surface area contributed by atoms with Gasteiger partial charge in [-0.25, -0.2) is 0 Å². The zero-order chi connectivity index (χ0) is 24.3. The van der Waals surface area contributed by atoms with E-state index in [1.807, 2.05) is 24.3 Å². The van der Waals surface area contributed by atoms with Crippen molar-refractivity contribution < 1.29 is 32.2 Å². The van der Waals surface area contributed by atoms with Crippen LogP contribution in [0.5, 0.6) is 5.75 Å². The number of piperidine rings is 1. The number of halogens is 3. The summed E-state index contributed by atoms with van der Waals surface area (Å²) in [5.74, 6) is -1.80. The molecule has 4 rings (SSSR count). The predicted octanol–water partition coefficient (Wildman–Crippen LogP) is 5.13. The smallest absolute Gasteiger partial charge is 0.465 e. The molecule has 2 fully saturated rings. The van der Waals surface area contributed by atoms with Gasteiger partial charge in [0.2, 0.25) is 0 Å². The Hall–Kier alpha value is -2.87. The average molecular weight is 476 g/mol. The van der Waals surface area contributed by atoms with Gasteiger partial charge in [-0.05, 0) is 55.0 Å². The summed E-state index contributed by atoms with van der Waals surface area (Å²) >= 11 is 0. The third-order valence-electron chi connectivity index (χ3n) is 6.61. The van der Waals surface area contributed by atoms with Crippen LogP contribution in [-0.2, 0) is 20.7 Å². The fraction of sp³-hybridized carbons (Fsp3) is 0.462. The summed E-state index contributed by atoms with van der Waals surface area (Å²) in [6.45, 7) is 1.95. The summed E-state index contributed by atoms with van der Waals surface area (Å²) in [5.41, 5.74) is 2.63. The highest BCUT2D eigenvalue weighted by Crippen LogP contribution is 2.39.